The molecular formula is C10H24N2O. The van der Waals surface area contributed by atoms with Gasteiger partial charge >= 0.3 is 0 Å². The van der Waals surface area contributed by atoms with Gasteiger partial charge < -0.3 is 15.4 Å². The van der Waals surface area contributed by atoms with Crippen LogP contribution in [-0.2, 0) is 4.74 Å². The maximum absolute atomic E-state index is 5.89. The lowest BCUT2D eigenvalue weighted by Gasteiger charge is -2.33. The molecule has 3 heteroatoms. The minimum atomic E-state index is 0.169. The van der Waals surface area contributed by atoms with Gasteiger partial charge in [-0.15, -0.1) is 0 Å². The summed E-state index contributed by atoms with van der Waals surface area (Å²) in [5, 5.41) is 0. The molecule has 0 spiro atoms. The molecule has 0 aliphatic rings. The number of nitrogens with zero attached hydrogens (tertiary/aromatic N) is 1. The van der Waals surface area contributed by atoms with Gasteiger partial charge in [-0.1, -0.05) is 13.8 Å². The van der Waals surface area contributed by atoms with Gasteiger partial charge in [-0.25, -0.2) is 0 Å². The van der Waals surface area contributed by atoms with E-state index in [0.717, 1.165) is 19.7 Å². The van der Waals surface area contributed by atoms with Crippen molar-refractivity contribution < 1.29 is 4.74 Å². The summed E-state index contributed by atoms with van der Waals surface area (Å²) in [5.74, 6) is 0. The van der Waals surface area contributed by atoms with E-state index < -0.39 is 0 Å². The van der Waals surface area contributed by atoms with Crippen molar-refractivity contribution >= 4 is 0 Å². The van der Waals surface area contributed by atoms with Crippen LogP contribution >= 0.6 is 0 Å². The summed E-state index contributed by atoms with van der Waals surface area (Å²) >= 11 is 0. The summed E-state index contributed by atoms with van der Waals surface area (Å²) in [6, 6.07) is 0.220. The minimum Gasteiger partial charge on any atom is -0.383 e. The summed E-state index contributed by atoms with van der Waals surface area (Å²) < 4.78 is 5.01. The van der Waals surface area contributed by atoms with Crippen LogP contribution in [-0.4, -0.2) is 44.8 Å². The smallest absolute Gasteiger partial charge is 0.0589 e. The Morgan fingerprint density at radius 2 is 2.00 bits per heavy atom. The van der Waals surface area contributed by atoms with E-state index in [4.69, 9.17) is 10.5 Å². The highest BCUT2D eigenvalue weighted by Gasteiger charge is 2.24. The normalized spacial score (nSPS) is 15.0. The molecule has 0 aromatic heterocycles. The van der Waals surface area contributed by atoms with E-state index in [1.165, 1.54) is 0 Å². The molecule has 13 heavy (non-hydrogen) atoms. The van der Waals surface area contributed by atoms with E-state index in [1.54, 1.807) is 7.11 Å². The lowest BCUT2D eigenvalue weighted by Crippen LogP contribution is -2.43. The SMILES string of the molecule is COCCN(C)CC(C)(C)C(C)N. The quantitative estimate of drug-likeness (QED) is 0.674. The molecule has 3 nitrogen and oxygen atoms in total. The largest absolute Gasteiger partial charge is 0.383 e. The van der Waals surface area contributed by atoms with Crippen molar-refractivity contribution in [1.29, 1.82) is 0 Å². The van der Waals surface area contributed by atoms with E-state index in [-0.39, 0.29) is 11.5 Å². The zero-order chi connectivity index (χ0) is 10.5. The van der Waals surface area contributed by atoms with Crippen molar-refractivity contribution in [1.82, 2.24) is 4.90 Å². The van der Waals surface area contributed by atoms with Crippen molar-refractivity contribution in [3.05, 3.63) is 0 Å². The molecule has 0 aromatic rings. The predicted molar refractivity (Wildman–Crippen MR) is 56.8 cm³/mol. The van der Waals surface area contributed by atoms with E-state index in [2.05, 4.69) is 32.7 Å². The van der Waals surface area contributed by atoms with Crippen molar-refractivity contribution in [2.45, 2.75) is 26.8 Å². The summed E-state index contributed by atoms with van der Waals surface area (Å²) in [5.41, 5.74) is 6.06. The first-order valence-corrected chi connectivity index (χ1v) is 4.83. The van der Waals surface area contributed by atoms with Crippen LogP contribution in [0.15, 0.2) is 0 Å². The first-order chi connectivity index (χ1) is 5.90. The van der Waals surface area contributed by atoms with Gasteiger partial charge in [-0.05, 0) is 19.4 Å². The first kappa shape index (κ1) is 12.9. The molecule has 1 atom stereocenters. The van der Waals surface area contributed by atoms with Gasteiger partial charge in [0.25, 0.3) is 0 Å². The highest BCUT2D eigenvalue weighted by Crippen LogP contribution is 2.19. The second-order valence-electron chi connectivity index (χ2n) is 4.51. The standard InChI is InChI=1S/C10H24N2O/c1-9(11)10(2,3)8-12(4)6-7-13-5/h9H,6-8,11H2,1-5H3. The highest BCUT2D eigenvalue weighted by molar-refractivity contribution is 4.80. The third kappa shape index (κ3) is 5.24. The fourth-order valence-electron chi connectivity index (χ4n) is 1.17. The van der Waals surface area contributed by atoms with Crippen LogP contribution in [0.3, 0.4) is 0 Å². The monoisotopic (exact) mass is 188 g/mol. The Morgan fingerprint density at radius 3 is 2.38 bits per heavy atom. The second kappa shape index (κ2) is 5.58. The fourth-order valence-corrected chi connectivity index (χ4v) is 1.17. The average molecular weight is 188 g/mol. The predicted octanol–water partition coefficient (Wildman–Crippen LogP) is 0.938. The maximum Gasteiger partial charge on any atom is 0.0589 e. The molecule has 0 saturated heterocycles. The first-order valence-electron chi connectivity index (χ1n) is 4.83. The molecule has 0 rings (SSSR count). The number of hydrogen-bond donors (Lipinski definition) is 1. The summed E-state index contributed by atoms with van der Waals surface area (Å²) in [6.45, 7) is 9.21. The summed E-state index contributed by atoms with van der Waals surface area (Å²) in [7, 11) is 3.83. The highest BCUT2D eigenvalue weighted by atomic mass is 16.5. The number of hydrogen-bond acceptors (Lipinski definition) is 3. The number of ether oxygens (including phenoxy) is 1. The van der Waals surface area contributed by atoms with E-state index in [0.29, 0.717) is 0 Å². The third-order valence-corrected chi connectivity index (χ3v) is 2.59. The van der Waals surface area contributed by atoms with Gasteiger partial charge in [0.2, 0.25) is 0 Å². The van der Waals surface area contributed by atoms with Gasteiger partial charge in [0.15, 0.2) is 0 Å². The van der Waals surface area contributed by atoms with E-state index in [1.807, 2.05) is 0 Å². The molecule has 0 radical (unpaired) electrons. The van der Waals surface area contributed by atoms with Crippen LogP contribution in [0.2, 0.25) is 0 Å². The molecule has 0 aliphatic carbocycles. The second-order valence-corrected chi connectivity index (χ2v) is 4.51. The maximum atomic E-state index is 5.89. The molecule has 0 heterocycles. The molecule has 1 unspecified atom stereocenters. The molecule has 2 N–H and O–H groups in total. The van der Waals surface area contributed by atoms with Crippen LogP contribution in [0.1, 0.15) is 20.8 Å². The topological polar surface area (TPSA) is 38.5 Å². The molecule has 0 aromatic carbocycles. The van der Waals surface area contributed by atoms with Crippen molar-refractivity contribution in [3.8, 4) is 0 Å². The zero-order valence-electron chi connectivity index (χ0n) is 9.63. The molecular weight excluding hydrogens is 164 g/mol. The summed E-state index contributed by atoms with van der Waals surface area (Å²) in [4.78, 5) is 2.26. The molecule has 0 aliphatic heterocycles. The van der Waals surface area contributed by atoms with Crippen LogP contribution in [0, 0.1) is 5.41 Å². The Bertz CT molecular complexity index is 135. The number of methoxy groups -OCH3 is 1. The minimum absolute atomic E-state index is 0.169. The van der Waals surface area contributed by atoms with Gasteiger partial charge in [0.05, 0.1) is 6.61 Å². The van der Waals surface area contributed by atoms with Crippen LogP contribution in [0.4, 0.5) is 0 Å². The molecule has 80 valence electrons. The Morgan fingerprint density at radius 1 is 1.46 bits per heavy atom. The number of likely N-dealkylation sites (N-methyl/N-ethyl adjacent to an activating group) is 1. The van der Waals surface area contributed by atoms with Crippen LogP contribution in [0.25, 0.3) is 0 Å². The molecule has 0 fully saturated rings. The molecule has 0 saturated carbocycles. The van der Waals surface area contributed by atoms with Crippen molar-refractivity contribution in [2.24, 2.45) is 11.1 Å². The van der Waals surface area contributed by atoms with Crippen molar-refractivity contribution in [2.75, 3.05) is 33.9 Å². The fraction of sp³-hybridized carbons (Fsp3) is 1.00. The Kier molecular flexibility index (Phi) is 5.53. The lowest BCUT2D eigenvalue weighted by atomic mass is 9.85. The van der Waals surface area contributed by atoms with Gasteiger partial charge in [0.1, 0.15) is 0 Å². The van der Waals surface area contributed by atoms with E-state index >= 15 is 0 Å². The third-order valence-electron chi connectivity index (χ3n) is 2.59. The van der Waals surface area contributed by atoms with Crippen molar-refractivity contribution in [3.63, 3.8) is 0 Å². The van der Waals surface area contributed by atoms with Crippen LogP contribution < -0.4 is 5.73 Å². The molecule has 0 bridgehead atoms. The van der Waals surface area contributed by atoms with E-state index in [9.17, 15) is 0 Å². The lowest BCUT2D eigenvalue weighted by molar-refractivity contribution is 0.127. The Labute approximate surface area is 82.2 Å². The summed E-state index contributed by atoms with van der Waals surface area (Å²) in [6.07, 6.45) is 0. The Balaban J connectivity index is 3.82. The number of nitrogens with two attached hydrogens (primary N) is 1. The van der Waals surface area contributed by atoms with Gasteiger partial charge in [-0.3, -0.25) is 0 Å². The van der Waals surface area contributed by atoms with Crippen LogP contribution in [0.5, 0.6) is 0 Å². The van der Waals surface area contributed by atoms with Gasteiger partial charge in [-0.2, -0.15) is 0 Å². The molecule has 0 amide bonds. The zero-order valence-corrected chi connectivity index (χ0v) is 9.63. The van der Waals surface area contributed by atoms with Gasteiger partial charge in [0, 0.05) is 26.2 Å². The Hall–Kier alpha value is -0.120. The average Bonchev–Trinajstić information content (AvgIpc) is 1.99. The number of rotatable bonds is 6.